The van der Waals surface area contributed by atoms with Crippen molar-refractivity contribution < 1.29 is 41.1 Å². The van der Waals surface area contributed by atoms with Crippen LogP contribution in [0, 0.1) is 6.92 Å². The fourth-order valence-electron chi connectivity index (χ4n) is 1.28. The van der Waals surface area contributed by atoms with Crippen molar-refractivity contribution in [3.63, 3.8) is 0 Å². The maximum atomic E-state index is 11.1. The first-order chi connectivity index (χ1) is 5.54. The molecule has 1 radical (unpaired) electrons. The number of hydrogen-bond acceptors (Lipinski definition) is 3. The van der Waals surface area contributed by atoms with Gasteiger partial charge in [-0.2, -0.15) is 4.31 Å². The molecule has 0 saturated carbocycles. The van der Waals surface area contributed by atoms with E-state index in [-0.39, 0.29) is 32.7 Å². The predicted octanol–water partition coefficient (Wildman–Crippen LogP) is -0.605. The Morgan fingerprint density at radius 2 is 1.69 bits per heavy atom. The van der Waals surface area contributed by atoms with Crippen LogP contribution in [0.15, 0.2) is 0 Å². The Balaban J connectivity index is 0.00000144. The molecule has 0 bridgehead atoms. The quantitative estimate of drug-likeness (QED) is 0.634. The second kappa shape index (κ2) is 5.76. The van der Waals surface area contributed by atoms with Crippen molar-refractivity contribution in [2.75, 3.05) is 39.0 Å². The zero-order valence-electron chi connectivity index (χ0n) is 7.94. The molecular formula is C7H15N2O2SY-. The number of piperazine rings is 1. The van der Waals surface area contributed by atoms with E-state index < -0.39 is 10.0 Å². The normalized spacial score (nSPS) is 21.1. The molecule has 1 saturated heterocycles. The van der Waals surface area contributed by atoms with E-state index in [1.54, 1.807) is 0 Å². The minimum atomic E-state index is -2.97. The minimum absolute atomic E-state index is 0. The predicted molar refractivity (Wildman–Crippen MR) is 48.2 cm³/mol. The van der Waals surface area contributed by atoms with E-state index in [0.29, 0.717) is 13.1 Å². The third kappa shape index (κ3) is 4.34. The summed E-state index contributed by atoms with van der Waals surface area (Å²) in [4.78, 5) is 2.14. The van der Waals surface area contributed by atoms with Crippen molar-refractivity contribution in [2.45, 2.75) is 0 Å². The van der Waals surface area contributed by atoms with E-state index in [2.05, 4.69) is 11.8 Å². The van der Waals surface area contributed by atoms with Gasteiger partial charge in [-0.25, -0.2) is 8.42 Å². The van der Waals surface area contributed by atoms with Crippen molar-refractivity contribution in [3.8, 4) is 0 Å². The molecule has 6 heteroatoms. The summed E-state index contributed by atoms with van der Waals surface area (Å²) in [6.07, 6.45) is 1.26. The summed E-state index contributed by atoms with van der Waals surface area (Å²) in [5, 5.41) is 0. The van der Waals surface area contributed by atoms with E-state index in [4.69, 9.17) is 0 Å². The van der Waals surface area contributed by atoms with Crippen LogP contribution < -0.4 is 0 Å². The van der Waals surface area contributed by atoms with E-state index in [1.165, 1.54) is 10.6 Å². The molecule has 0 atom stereocenters. The summed E-state index contributed by atoms with van der Waals surface area (Å²) in [6, 6.07) is 0. The molecular weight excluding hydrogens is 265 g/mol. The maximum absolute atomic E-state index is 11.1. The van der Waals surface area contributed by atoms with Gasteiger partial charge in [-0.05, 0) is 0 Å². The molecule has 0 aromatic heterocycles. The average molecular weight is 280 g/mol. The third-order valence-corrected chi connectivity index (χ3v) is 3.42. The SMILES string of the molecule is [CH2-]CN1CCN(S(C)(=O)=O)CC1.[Y]. The summed E-state index contributed by atoms with van der Waals surface area (Å²) in [5.74, 6) is 0. The molecule has 1 aliphatic rings. The molecule has 0 spiro atoms. The third-order valence-electron chi connectivity index (χ3n) is 2.12. The Morgan fingerprint density at radius 1 is 1.23 bits per heavy atom. The standard InChI is InChI=1S/C7H15N2O2S.Y/c1-3-8-4-6-9(7-5-8)12(2,10)11;/h1,3-7H2,2H3;/q-1;. The van der Waals surface area contributed by atoms with Gasteiger partial charge in [-0.3, -0.25) is 0 Å². The van der Waals surface area contributed by atoms with Crippen molar-refractivity contribution in [2.24, 2.45) is 0 Å². The largest absolute Gasteiger partial charge is 0.330 e. The summed E-state index contributed by atoms with van der Waals surface area (Å²) in [5.41, 5.74) is 0. The molecule has 1 aliphatic heterocycles. The Kier molecular flexibility index (Phi) is 6.19. The van der Waals surface area contributed by atoms with Gasteiger partial charge in [0.25, 0.3) is 0 Å². The number of sulfonamides is 1. The first kappa shape index (κ1) is 14.0. The van der Waals surface area contributed by atoms with Crippen LogP contribution in [0.4, 0.5) is 0 Å². The Morgan fingerprint density at radius 3 is 2.00 bits per heavy atom. The van der Waals surface area contributed by atoms with E-state index in [1.807, 2.05) is 0 Å². The molecule has 0 aromatic carbocycles. The van der Waals surface area contributed by atoms with E-state index in [0.717, 1.165) is 19.6 Å². The van der Waals surface area contributed by atoms with Gasteiger partial charge >= 0.3 is 0 Å². The number of nitrogens with zero attached hydrogens (tertiary/aromatic N) is 2. The summed E-state index contributed by atoms with van der Waals surface area (Å²) < 4.78 is 23.7. The van der Waals surface area contributed by atoms with Gasteiger partial charge < -0.3 is 11.8 Å². The van der Waals surface area contributed by atoms with Crippen molar-refractivity contribution in [3.05, 3.63) is 6.92 Å². The molecule has 4 nitrogen and oxygen atoms in total. The molecule has 0 N–H and O–H groups in total. The minimum Gasteiger partial charge on any atom is -0.330 e. The zero-order chi connectivity index (χ0) is 9.19. The Hall–Kier alpha value is 0.974. The van der Waals surface area contributed by atoms with Gasteiger partial charge in [0.05, 0.1) is 6.26 Å². The summed E-state index contributed by atoms with van der Waals surface area (Å²) >= 11 is 0. The molecule has 75 valence electrons. The molecule has 1 heterocycles. The summed E-state index contributed by atoms with van der Waals surface area (Å²) in [7, 11) is -2.97. The van der Waals surface area contributed by atoms with Crippen molar-refractivity contribution in [1.29, 1.82) is 0 Å². The maximum Gasteiger partial charge on any atom is 0.211 e. The van der Waals surface area contributed by atoms with Gasteiger partial charge in [-0.1, -0.05) is 0 Å². The average Bonchev–Trinajstić information content (AvgIpc) is 2.03. The topological polar surface area (TPSA) is 40.6 Å². The molecule has 0 aliphatic carbocycles. The fourth-order valence-corrected chi connectivity index (χ4v) is 2.11. The van der Waals surface area contributed by atoms with Gasteiger partial charge in [0.1, 0.15) is 0 Å². The van der Waals surface area contributed by atoms with Crippen molar-refractivity contribution in [1.82, 2.24) is 9.21 Å². The molecule has 13 heavy (non-hydrogen) atoms. The van der Waals surface area contributed by atoms with Crippen LogP contribution in [0.25, 0.3) is 0 Å². The first-order valence-corrected chi connectivity index (χ1v) is 5.85. The summed E-state index contributed by atoms with van der Waals surface area (Å²) in [6.45, 7) is 7.33. The van der Waals surface area contributed by atoms with Gasteiger partial charge in [0.15, 0.2) is 0 Å². The molecule has 0 aromatic rings. The molecule has 0 amide bonds. The van der Waals surface area contributed by atoms with E-state index >= 15 is 0 Å². The number of hydrogen-bond donors (Lipinski definition) is 0. The second-order valence-electron chi connectivity index (χ2n) is 3.00. The monoisotopic (exact) mass is 280 g/mol. The Labute approximate surface area is 106 Å². The van der Waals surface area contributed by atoms with Gasteiger partial charge in [0, 0.05) is 58.9 Å². The van der Waals surface area contributed by atoms with Crippen LogP contribution in [0.3, 0.4) is 0 Å². The van der Waals surface area contributed by atoms with Crippen LogP contribution in [0.2, 0.25) is 0 Å². The van der Waals surface area contributed by atoms with Crippen LogP contribution in [0.1, 0.15) is 0 Å². The van der Waals surface area contributed by atoms with Crippen LogP contribution in [-0.4, -0.2) is 56.6 Å². The molecule has 1 rings (SSSR count). The smallest absolute Gasteiger partial charge is 0.211 e. The van der Waals surface area contributed by atoms with Gasteiger partial charge in [-0.15, -0.1) is 6.54 Å². The van der Waals surface area contributed by atoms with Gasteiger partial charge in [0.2, 0.25) is 10.0 Å². The Bertz CT molecular complexity index is 235. The van der Waals surface area contributed by atoms with Crippen molar-refractivity contribution >= 4 is 10.0 Å². The zero-order valence-corrected chi connectivity index (χ0v) is 11.6. The molecule has 0 unspecified atom stereocenters. The van der Waals surface area contributed by atoms with Crippen LogP contribution in [0.5, 0.6) is 0 Å². The second-order valence-corrected chi connectivity index (χ2v) is 4.99. The first-order valence-electron chi connectivity index (χ1n) is 4.01. The molecule has 1 fully saturated rings. The van der Waals surface area contributed by atoms with E-state index in [9.17, 15) is 8.42 Å². The number of rotatable bonds is 2. The van der Waals surface area contributed by atoms with Crippen LogP contribution >= 0.6 is 0 Å². The van der Waals surface area contributed by atoms with Crippen LogP contribution in [-0.2, 0) is 42.7 Å². The fraction of sp³-hybridized carbons (Fsp3) is 0.857.